The Bertz CT molecular complexity index is 754. The Kier molecular flexibility index (Phi) is 5.85. The maximum atomic E-state index is 12.9. The summed E-state index contributed by atoms with van der Waals surface area (Å²) in [5.74, 6) is 0.524. The Morgan fingerprint density at radius 3 is 2.60 bits per heavy atom. The van der Waals surface area contributed by atoms with Crippen LogP contribution in [0.1, 0.15) is 44.9 Å². The van der Waals surface area contributed by atoms with Crippen molar-refractivity contribution in [2.75, 3.05) is 10.7 Å². The molecule has 0 aromatic heterocycles. The van der Waals surface area contributed by atoms with Crippen molar-refractivity contribution in [3.63, 3.8) is 0 Å². The molecule has 1 aromatic rings. The van der Waals surface area contributed by atoms with Crippen LogP contribution in [-0.4, -0.2) is 26.1 Å². The summed E-state index contributed by atoms with van der Waals surface area (Å²) in [6, 6.07) is 6.60. The Labute approximate surface area is 154 Å². The molecule has 0 N–H and O–H groups in total. The van der Waals surface area contributed by atoms with Crippen LogP contribution in [0.25, 0.3) is 0 Å². The van der Waals surface area contributed by atoms with Gasteiger partial charge < -0.3 is 4.90 Å². The highest BCUT2D eigenvalue weighted by Gasteiger charge is 2.31. The molecule has 6 heteroatoms. The lowest BCUT2D eigenvalue weighted by Crippen LogP contribution is -2.41. The number of hydrogen-bond acceptors (Lipinski definition) is 3. The van der Waals surface area contributed by atoms with Gasteiger partial charge in [0.15, 0.2) is 9.84 Å². The smallest absolute Gasteiger partial charge is 0.227 e. The van der Waals surface area contributed by atoms with Crippen LogP contribution < -0.4 is 4.90 Å². The van der Waals surface area contributed by atoms with Crippen molar-refractivity contribution >= 4 is 33.0 Å². The minimum atomic E-state index is -3.23. The zero-order chi connectivity index (χ0) is 17.9. The van der Waals surface area contributed by atoms with Gasteiger partial charge in [-0.05, 0) is 36.6 Å². The van der Waals surface area contributed by atoms with E-state index in [1.807, 2.05) is 6.07 Å². The van der Waals surface area contributed by atoms with Gasteiger partial charge in [-0.3, -0.25) is 4.79 Å². The van der Waals surface area contributed by atoms with Crippen LogP contribution in [0, 0.1) is 5.92 Å². The normalized spacial score (nSPS) is 22.8. The second-order valence-corrected chi connectivity index (χ2v) is 9.38. The average molecular weight is 382 g/mol. The highest BCUT2D eigenvalue weighted by molar-refractivity contribution is 7.94. The van der Waals surface area contributed by atoms with E-state index < -0.39 is 15.9 Å². The first-order valence-electron chi connectivity index (χ1n) is 8.93. The van der Waals surface area contributed by atoms with Crippen LogP contribution >= 0.6 is 11.6 Å². The summed E-state index contributed by atoms with van der Waals surface area (Å²) >= 11 is 6.08. The Hall–Kier alpha value is -1.33. The van der Waals surface area contributed by atoms with Crippen molar-refractivity contribution < 1.29 is 13.2 Å². The number of carbonyl (C=O) groups excluding carboxylic acids is 1. The van der Waals surface area contributed by atoms with E-state index in [4.69, 9.17) is 11.6 Å². The van der Waals surface area contributed by atoms with E-state index in [-0.39, 0.29) is 11.7 Å². The summed E-state index contributed by atoms with van der Waals surface area (Å²) in [6.45, 7) is 0. The molecule has 1 fully saturated rings. The van der Waals surface area contributed by atoms with Crippen LogP contribution in [0.5, 0.6) is 0 Å². The van der Waals surface area contributed by atoms with E-state index in [1.54, 1.807) is 29.2 Å². The fourth-order valence-electron chi connectivity index (χ4n) is 3.79. The lowest BCUT2D eigenvalue weighted by Gasteiger charge is -2.29. The second kappa shape index (κ2) is 7.92. The third kappa shape index (κ3) is 4.85. The Morgan fingerprint density at radius 1 is 1.20 bits per heavy atom. The zero-order valence-electron chi connectivity index (χ0n) is 14.2. The third-order valence-electron chi connectivity index (χ3n) is 5.09. The molecule has 0 saturated heterocycles. The first kappa shape index (κ1) is 18.5. The highest BCUT2D eigenvalue weighted by atomic mass is 35.5. The van der Waals surface area contributed by atoms with Gasteiger partial charge in [-0.1, -0.05) is 49.8 Å². The number of sulfone groups is 1. The summed E-state index contributed by atoms with van der Waals surface area (Å²) in [5, 5.41) is 1.75. The van der Waals surface area contributed by atoms with Crippen molar-refractivity contribution in [3.8, 4) is 0 Å². The molecular weight excluding hydrogens is 358 g/mol. The summed E-state index contributed by atoms with van der Waals surface area (Å²) in [7, 11) is -3.23. The molecule has 0 radical (unpaired) electrons. The van der Waals surface area contributed by atoms with E-state index in [2.05, 4.69) is 0 Å². The molecule has 1 aliphatic heterocycles. The number of anilines is 1. The quantitative estimate of drug-likeness (QED) is 0.762. The molecule has 2 aliphatic rings. The molecule has 3 rings (SSSR count). The first-order chi connectivity index (χ1) is 11.9. The van der Waals surface area contributed by atoms with Gasteiger partial charge in [-0.2, -0.15) is 0 Å². The average Bonchev–Trinajstić information content (AvgIpc) is 2.94. The molecule has 1 aromatic carbocycles. The van der Waals surface area contributed by atoms with Crippen molar-refractivity contribution in [2.45, 2.75) is 51.0 Å². The number of benzene rings is 1. The number of hydrogen-bond donors (Lipinski definition) is 0. The number of carbonyl (C=O) groups is 1. The fraction of sp³-hybridized carbons (Fsp3) is 0.526. The molecule has 25 heavy (non-hydrogen) atoms. The standard InChI is InChI=1S/C19H24ClNO3S/c20-16-7-4-8-17(13-16)21(18-11-12-25(23,24)14-18)19(22)10-9-15-5-2-1-3-6-15/h4,7-8,11-13,15,18H,1-3,5-6,9-10,14H2/t18-/m1/s1. The monoisotopic (exact) mass is 381 g/mol. The van der Waals surface area contributed by atoms with Gasteiger partial charge in [0.05, 0.1) is 11.8 Å². The lowest BCUT2D eigenvalue weighted by atomic mass is 9.86. The molecule has 1 amide bonds. The number of nitrogens with zero attached hydrogens (tertiary/aromatic N) is 1. The molecule has 0 bridgehead atoms. The predicted octanol–water partition coefficient (Wildman–Crippen LogP) is 4.34. The molecule has 1 aliphatic carbocycles. The second-order valence-electron chi connectivity index (χ2n) is 7.01. The zero-order valence-corrected chi connectivity index (χ0v) is 15.8. The summed E-state index contributed by atoms with van der Waals surface area (Å²) < 4.78 is 23.6. The largest absolute Gasteiger partial charge is 0.304 e. The molecule has 0 spiro atoms. The summed E-state index contributed by atoms with van der Waals surface area (Å²) in [5.41, 5.74) is 0.660. The number of amides is 1. The van der Waals surface area contributed by atoms with Gasteiger partial charge >= 0.3 is 0 Å². The van der Waals surface area contributed by atoms with E-state index in [0.717, 1.165) is 6.42 Å². The van der Waals surface area contributed by atoms with Crippen LogP contribution in [-0.2, 0) is 14.6 Å². The number of halogens is 1. The van der Waals surface area contributed by atoms with Crippen LogP contribution in [0.4, 0.5) is 5.69 Å². The minimum Gasteiger partial charge on any atom is -0.304 e. The minimum absolute atomic E-state index is 0.0282. The summed E-state index contributed by atoms with van der Waals surface area (Å²) in [6.07, 6.45) is 9.12. The van der Waals surface area contributed by atoms with Crippen molar-refractivity contribution in [3.05, 3.63) is 40.8 Å². The van der Waals surface area contributed by atoms with Gasteiger partial charge in [0, 0.05) is 22.5 Å². The molecule has 1 atom stereocenters. The molecule has 1 heterocycles. The predicted molar refractivity (Wildman–Crippen MR) is 101 cm³/mol. The topological polar surface area (TPSA) is 54.5 Å². The highest BCUT2D eigenvalue weighted by Crippen LogP contribution is 2.30. The van der Waals surface area contributed by atoms with Crippen molar-refractivity contribution in [2.24, 2.45) is 5.92 Å². The molecule has 0 unspecified atom stereocenters. The van der Waals surface area contributed by atoms with Gasteiger partial charge in [0.1, 0.15) is 0 Å². The van der Waals surface area contributed by atoms with Crippen molar-refractivity contribution in [1.82, 2.24) is 0 Å². The van der Waals surface area contributed by atoms with Gasteiger partial charge in [0.25, 0.3) is 0 Å². The summed E-state index contributed by atoms with van der Waals surface area (Å²) in [4.78, 5) is 14.6. The maximum absolute atomic E-state index is 12.9. The Morgan fingerprint density at radius 2 is 1.96 bits per heavy atom. The van der Waals surface area contributed by atoms with Crippen molar-refractivity contribution in [1.29, 1.82) is 0 Å². The van der Waals surface area contributed by atoms with E-state index in [9.17, 15) is 13.2 Å². The van der Waals surface area contributed by atoms with Crippen LogP contribution in [0.15, 0.2) is 35.7 Å². The van der Waals surface area contributed by atoms with Gasteiger partial charge in [0.2, 0.25) is 5.91 Å². The van der Waals surface area contributed by atoms with Gasteiger partial charge in [-0.25, -0.2) is 8.42 Å². The number of rotatable bonds is 5. The van der Waals surface area contributed by atoms with Crippen LogP contribution in [0.3, 0.4) is 0 Å². The van der Waals surface area contributed by atoms with E-state index in [0.29, 0.717) is 23.0 Å². The Balaban J connectivity index is 1.76. The molecule has 4 nitrogen and oxygen atoms in total. The third-order valence-corrected chi connectivity index (χ3v) is 6.70. The first-order valence-corrected chi connectivity index (χ1v) is 11.0. The lowest BCUT2D eigenvalue weighted by molar-refractivity contribution is -0.119. The SMILES string of the molecule is O=C(CCC1CCCCC1)N(c1cccc(Cl)c1)[C@@H]1C=CS(=O)(=O)C1. The van der Waals surface area contributed by atoms with E-state index >= 15 is 0 Å². The fourth-order valence-corrected chi connectivity index (χ4v) is 5.24. The molecular formula is C19H24ClNO3S. The van der Waals surface area contributed by atoms with Gasteiger partial charge in [-0.15, -0.1) is 0 Å². The van der Waals surface area contributed by atoms with E-state index in [1.165, 1.54) is 37.5 Å². The van der Waals surface area contributed by atoms with Crippen LogP contribution in [0.2, 0.25) is 5.02 Å². The molecule has 136 valence electrons. The maximum Gasteiger partial charge on any atom is 0.227 e. The molecule has 1 saturated carbocycles.